The van der Waals surface area contributed by atoms with E-state index in [0.29, 0.717) is 0 Å². The van der Waals surface area contributed by atoms with Gasteiger partial charge < -0.3 is 20.1 Å². The van der Waals surface area contributed by atoms with Crippen molar-refractivity contribution in [3.63, 3.8) is 0 Å². The minimum absolute atomic E-state index is 0.0325. The molecule has 0 aromatic rings. The molecule has 0 saturated heterocycles. The van der Waals surface area contributed by atoms with E-state index < -0.39 is 11.9 Å². The number of urea groups is 1. The number of carboxylic acids is 1. The van der Waals surface area contributed by atoms with E-state index in [9.17, 15) is 9.59 Å². The third-order valence-corrected chi connectivity index (χ3v) is 3.38. The van der Waals surface area contributed by atoms with Gasteiger partial charge in [-0.3, -0.25) is 4.79 Å². The van der Waals surface area contributed by atoms with E-state index in [0.717, 1.165) is 19.3 Å². The number of amides is 2. The number of nitrogens with zero attached hydrogens (tertiary/aromatic N) is 1. The smallest absolute Gasteiger partial charge is 0.317 e. The Hall–Kier alpha value is -1.30. The molecule has 0 aliphatic heterocycles. The molecule has 0 heterocycles. The number of aliphatic carboxylic acids is 1. The number of methoxy groups -OCH3 is 1. The zero-order valence-electron chi connectivity index (χ0n) is 11.2. The lowest BCUT2D eigenvalue weighted by Crippen LogP contribution is -2.48. The minimum Gasteiger partial charge on any atom is -0.481 e. The first-order valence-corrected chi connectivity index (χ1v) is 6.23. The van der Waals surface area contributed by atoms with Crippen LogP contribution in [-0.2, 0) is 9.53 Å². The Kier molecular flexibility index (Phi) is 5.40. The zero-order valence-corrected chi connectivity index (χ0v) is 11.2. The second-order valence-electron chi connectivity index (χ2n) is 4.88. The fraction of sp³-hybridized carbons (Fsp3) is 0.833. The second kappa shape index (κ2) is 6.58. The van der Waals surface area contributed by atoms with Gasteiger partial charge in [-0.05, 0) is 19.3 Å². The standard InChI is InChI=1S/C12H22N2O4/c1-8(11(15)16)7-14(2)12(17)13-9-5-4-6-10(9)18-3/h8-10H,4-7H2,1-3H3,(H,13,17)(H,15,16)/t8?,9-,10-/m1/s1. The van der Waals surface area contributed by atoms with Crippen molar-refractivity contribution in [3.05, 3.63) is 0 Å². The van der Waals surface area contributed by atoms with Crippen molar-refractivity contribution in [3.8, 4) is 0 Å². The SMILES string of the molecule is CO[C@@H]1CCC[C@H]1NC(=O)N(C)CC(C)C(=O)O. The fourth-order valence-corrected chi connectivity index (χ4v) is 2.21. The van der Waals surface area contributed by atoms with Crippen LogP contribution >= 0.6 is 0 Å². The Bertz CT molecular complexity index is 308. The first kappa shape index (κ1) is 14.8. The van der Waals surface area contributed by atoms with Crippen LogP contribution in [0.2, 0.25) is 0 Å². The van der Waals surface area contributed by atoms with Crippen LogP contribution < -0.4 is 5.32 Å². The van der Waals surface area contributed by atoms with Gasteiger partial charge in [0.15, 0.2) is 0 Å². The van der Waals surface area contributed by atoms with Crippen LogP contribution in [0.5, 0.6) is 0 Å². The van der Waals surface area contributed by atoms with E-state index in [-0.39, 0.29) is 24.7 Å². The molecule has 2 amide bonds. The lowest BCUT2D eigenvalue weighted by molar-refractivity contribution is -0.141. The molecule has 0 bridgehead atoms. The second-order valence-corrected chi connectivity index (χ2v) is 4.88. The molecular formula is C12H22N2O4. The van der Waals surface area contributed by atoms with Gasteiger partial charge >= 0.3 is 12.0 Å². The van der Waals surface area contributed by atoms with Gasteiger partial charge in [0.05, 0.1) is 18.1 Å². The molecule has 1 rings (SSSR count). The minimum atomic E-state index is -0.898. The van der Waals surface area contributed by atoms with Crippen molar-refractivity contribution >= 4 is 12.0 Å². The molecule has 1 aliphatic carbocycles. The highest BCUT2D eigenvalue weighted by Crippen LogP contribution is 2.21. The summed E-state index contributed by atoms with van der Waals surface area (Å²) in [4.78, 5) is 24.0. The molecule has 3 atom stereocenters. The summed E-state index contributed by atoms with van der Waals surface area (Å²) in [6.45, 7) is 1.78. The molecule has 1 unspecified atom stereocenters. The summed E-state index contributed by atoms with van der Waals surface area (Å²) in [6, 6.07) is -0.206. The first-order valence-electron chi connectivity index (χ1n) is 6.23. The summed E-state index contributed by atoms with van der Waals surface area (Å²) >= 11 is 0. The fourth-order valence-electron chi connectivity index (χ4n) is 2.21. The molecule has 1 aliphatic rings. The molecule has 2 N–H and O–H groups in total. The third-order valence-electron chi connectivity index (χ3n) is 3.38. The summed E-state index contributed by atoms with van der Waals surface area (Å²) in [5.74, 6) is -1.46. The first-order chi connectivity index (χ1) is 8.45. The zero-order chi connectivity index (χ0) is 13.7. The van der Waals surface area contributed by atoms with Gasteiger partial charge in [-0.1, -0.05) is 6.92 Å². The van der Waals surface area contributed by atoms with E-state index in [2.05, 4.69) is 5.32 Å². The van der Waals surface area contributed by atoms with Gasteiger partial charge in [-0.15, -0.1) is 0 Å². The molecule has 18 heavy (non-hydrogen) atoms. The van der Waals surface area contributed by atoms with E-state index in [1.807, 2.05) is 0 Å². The monoisotopic (exact) mass is 258 g/mol. The van der Waals surface area contributed by atoms with Crippen LogP contribution in [0.1, 0.15) is 26.2 Å². The van der Waals surface area contributed by atoms with Crippen LogP contribution in [0.3, 0.4) is 0 Å². The van der Waals surface area contributed by atoms with Gasteiger partial charge in [0.2, 0.25) is 0 Å². The Morgan fingerprint density at radius 3 is 2.72 bits per heavy atom. The number of carbonyl (C=O) groups is 2. The molecule has 104 valence electrons. The average Bonchev–Trinajstić information content (AvgIpc) is 2.75. The van der Waals surface area contributed by atoms with Crippen LogP contribution in [0.4, 0.5) is 4.79 Å². The van der Waals surface area contributed by atoms with E-state index in [1.54, 1.807) is 21.1 Å². The number of carboxylic acid groups (broad SMARTS) is 1. The van der Waals surface area contributed by atoms with Gasteiger partial charge in [-0.2, -0.15) is 0 Å². The number of rotatable bonds is 5. The Balaban J connectivity index is 2.42. The summed E-state index contributed by atoms with van der Waals surface area (Å²) in [6.07, 6.45) is 2.97. The molecule has 0 radical (unpaired) electrons. The van der Waals surface area contributed by atoms with Crippen molar-refractivity contribution in [2.24, 2.45) is 5.92 Å². The summed E-state index contributed by atoms with van der Waals surface area (Å²) in [5, 5.41) is 11.7. The summed E-state index contributed by atoms with van der Waals surface area (Å²) in [5.41, 5.74) is 0. The van der Waals surface area contributed by atoms with E-state index in [4.69, 9.17) is 9.84 Å². The van der Waals surface area contributed by atoms with Crippen LogP contribution in [0.15, 0.2) is 0 Å². The molecule has 6 nitrogen and oxygen atoms in total. The van der Waals surface area contributed by atoms with Crippen molar-refractivity contribution in [2.45, 2.75) is 38.3 Å². The number of hydrogen-bond donors (Lipinski definition) is 2. The topological polar surface area (TPSA) is 78.9 Å². The van der Waals surface area contributed by atoms with Gasteiger partial charge in [0.25, 0.3) is 0 Å². The number of ether oxygens (including phenoxy) is 1. The molecule has 1 saturated carbocycles. The van der Waals surface area contributed by atoms with Crippen molar-refractivity contribution in [1.82, 2.24) is 10.2 Å². The molecule has 6 heteroatoms. The normalized spacial score (nSPS) is 24.6. The highest BCUT2D eigenvalue weighted by molar-refractivity contribution is 5.76. The molecule has 0 aromatic carbocycles. The predicted molar refractivity (Wildman–Crippen MR) is 66.4 cm³/mol. The van der Waals surface area contributed by atoms with Crippen molar-refractivity contribution in [2.75, 3.05) is 20.7 Å². The Labute approximate surface area is 107 Å². The van der Waals surface area contributed by atoms with Gasteiger partial charge in [0, 0.05) is 20.7 Å². The van der Waals surface area contributed by atoms with Crippen molar-refractivity contribution in [1.29, 1.82) is 0 Å². The van der Waals surface area contributed by atoms with Gasteiger partial charge in [-0.25, -0.2) is 4.79 Å². The maximum Gasteiger partial charge on any atom is 0.317 e. The van der Waals surface area contributed by atoms with E-state index in [1.165, 1.54) is 4.90 Å². The van der Waals surface area contributed by atoms with Crippen LogP contribution in [-0.4, -0.2) is 54.9 Å². The van der Waals surface area contributed by atoms with Crippen LogP contribution in [0, 0.1) is 5.92 Å². The molecule has 0 aromatic heterocycles. The molecule has 1 fully saturated rings. The maximum absolute atomic E-state index is 11.9. The Morgan fingerprint density at radius 1 is 1.50 bits per heavy atom. The largest absolute Gasteiger partial charge is 0.481 e. The summed E-state index contributed by atoms with van der Waals surface area (Å²) < 4.78 is 5.30. The summed E-state index contributed by atoms with van der Waals surface area (Å²) in [7, 11) is 3.25. The number of carbonyl (C=O) groups excluding carboxylic acids is 1. The lowest BCUT2D eigenvalue weighted by Gasteiger charge is -2.25. The van der Waals surface area contributed by atoms with Crippen LogP contribution in [0.25, 0.3) is 0 Å². The molecule has 0 spiro atoms. The third kappa shape index (κ3) is 3.87. The predicted octanol–water partition coefficient (Wildman–Crippen LogP) is 0.916. The quantitative estimate of drug-likeness (QED) is 0.768. The Morgan fingerprint density at radius 2 is 2.17 bits per heavy atom. The van der Waals surface area contributed by atoms with Crippen molar-refractivity contribution < 1.29 is 19.4 Å². The number of hydrogen-bond acceptors (Lipinski definition) is 3. The molecular weight excluding hydrogens is 236 g/mol. The average molecular weight is 258 g/mol. The number of nitrogens with one attached hydrogen (secondary N) is 1. The maximum atomic E-state index is 11.9. The van der Waals surface area contributed by atoms with Gasteiger partial charge in [0.1, 0.15) is 0 Å². The highest BCUT2D eigenvalue weighted by Gasteiger charge is 2.29. The lowest BCUT2D eigenvalue weighted by atomic mass is 10.2. The highest BCUT2D eigenvalue weighted by atomic mass is 16.5. The van der Waals surface area contributed by atoms with E-state index >= 15 is 0 Å².